The number of likely N-dealkylation sites (N-methyl/N-ethyl adjacent to an activating group) is 1. The first-order valence-corrected chi connectivity index (χ1v) is 12.4. The summed E-state index contributed by atoms with van der Waals surface area (Å²) in [6, 6.07) is 5.33. The first-order valence-electron chi connectivity index (χ1n) is 12.4. The lowest BCUT2D eigenvalue weighted by Gasteiger charge is -2.33. The number of amides is 1. The highest BCUT2D eigenvalue weighted by molar-refractivity contribution is 5.99. The van der Waals surface area contributed by atoms with Crippen molar-refractivity contribution in [3.63, 3.8) is 0 Å². The molecule has 2 aliphatic rings. The maximum absolute atomic E-state index is 15.1. The number of nitrogens with one attached hydrogen (secondary N) is 1. The predicted octanol–water partition coefficient (Wildman–Crippen LogP) is 5.01. The molecule has 2 saturated heterocycles. The number of carbonyl (C=O) groups is 1. The molecule has 2 aliphatic heterocycles. The maximum atomic E-state index is 15.1. The van der Waals surface area contributed by atoms with Gasteiger partial charge in [-0.3, -0.25) is 4.79 Å². The molecule has 3 aromatic rings. The number of likely N-dealkylation sites (tertiary alicyclic amines) is 2. The summed E-state index contributed by atoms with van der Waals surface area (Å²) >= 11 is 0. The molecule has 0 spiro atoms. The Morgan fingerprint density at radius 2 is 1.89 bits per heavy atom. The van der Waals surface area contributed by atoms with Crippen LogP contribution in [0.25, 0.3) is 11.0 Å². The largest absolute Gasteiger partial charge is 0.573 e. The van der Waals surface area contributed by atoms with Gasteiger partial charge in [0, 0.05) is 53.9 Å². The molecule has 1 atom stereocenters. The van der Waals surface area contributed by atoms with Gasteiger partial charge in [-0.25, -0.2) is 9.37 Å². The van der Waals surface area contributed by atoms with Crippen LogP contribution in [0.2, 0.25) is 0 Å². The zero-order chi connectivity index (χ0) is 26.3. The number of fused-ring (bicyclic) bond motifs is 1. The van der Waals surface area contributed by atoms with Crippen LogP contribution in [0, 0.1) is 5.82 Å². The highest BCUT2D eigenvalue weighted by Crippen LogP contribution is 2.37. The zero-order valence-electron chi connectivity index (χ0n) is 20.4. The topological polar surface area (TPSA) is 87.5 Å². The number of anilines is 1. The van der Waals surface area contributed by atoms with E-state index in [2.05, 4.69) is 26.7 Å². The molecule has 0 bridgehead atoms. The number of piperidine rings is 2. The van der Waals surface area contributed by atoms with Crippen LogP contribution in [0.4, 0.5) is 23.2 Å². The average molecular weight is 520 g/mol. The number of benzene rings is 1. The normalized spacial score (nSPS) is 19.9. The Bertz CT molecular complexity index is 1300. The number of carbonyl (C=O) groups excluding carboxylic acids is 1. The van der Waals surface area contributed by atoms with Gasteiger partial charge in [-0.2, -0.15) is 0 Å². The van der Waals surface area contributed by atoms with E-state index in [0.717, 1.165) is 49.1 Å². The minimum Gasteiger partial charge on any atom is -0.406 e. The van der Waals surface area contributed by atoms with Crippen molar-refractivity contribution in [2.45, 2.75) is 43.9 Å². The summed E-state index contributed by atoms with van der Waals surface area (Å²) in [4.78, 5) is 24.6. The number of H-pyrrole nitrogens is 1. The molecule has 2 fully saturated rings. The molecular weight excluding hydrogens is 490 g/mol. The van der Waals surface area contributed by atoms with Crippen molar-refractivity contribution >= 4 is 22.6 Å². The van der Waals surface area contributed by atoms with E-state index in [9.17, 15) is 18.0 Å². The number of aromatic nitrogens is 2. The molecule has 1 unspecified atom stereocenters. The summed E-state index contributed by atoms with van der Waals surface area (Å²) in [6.07, 6.45) is -0.316. The van der Waals surface area contributed by atoms with Gasteiger partial charge in [-0.1, -0.05) is 0 Å². The van der Waals surface area contributed by atoms with Crippen LogP contribution in [-0.2, 0) is 0 Å². The molecule has 2 aromatic heterocycles. The number of ether oxygens (including phenoxy) is 1. The van der Waals surface area contributed by atoms with Gasteiger partial charge in [0.25, 0.3) is 5.91 Å². The van der Waals surface area contributed by atoms with Crippen LogP contribution >= 0.6 is 0 Å². The van der Waals surface area contributed by atoms with E-state index in [1.165, 1.54) is 12.3 Å². The highest BCUT2D eigenvalue weighted by Gasteiger charge is 2.32. The van der Waals surface area contributed by atoms with Crippen LogP contribution < -0.4 is 10.5 Å². The fourth-order valence-corrected chi connectivity index (χ4v) is 5.62. The molecule has 1 amide bonds. The molecule has 11 heteroatoms. The van der Waals surface area contributed by atoms with E-state index < -0.39 is 12.1 Å². The summed E-state index contributed by atoms with van der Waals surface area (Å²) in [5, 5.41) is 0.789. The second kappa shape index (κ2) is 9.85. The standard InChI is InChI=1S/C26H29F4N5O2/c1-34-8-2-3-16(14-34)22-12-19-23(20(27)13-32-24(19)33-22)15-6-9-35(10-7-15)25(36)18-5-4-17(11-21(18)31)37-26(28,29)30/h4-5,11-13,15-16H,2-3,6-10,14,31H2,1H3,(H,32,33). The Morgan fingerprint density at radius 1 is 1.14 bits per heavy atom. The molecule has 0 saturated carbocycles. The minimum atomic E-state index is -4.85. The van der Waals surface area contributed by atoms with Crippen LogP contribution in [0.5, 0.6) is 5.75 Å². The Hall–Kier alpha value is -3.34. The molecule has 0 radical (unpaired) electrons. The van der Waals surface area contributed by atoms with Crippen LogP contribution in [0.1, 0.15) is 59.1 Å². The molecule has 1 aromatic carbocycles. The Labute approximate surface area is 211 Å². The zero-order valence-corrected chi connectivity index (χ0v) is 20.4. The van der Waals surface area contributed by atoms with E-state index >= 15 is 4.39 Å². The predicted molar refractivity (Wildman–Crippen MR) is 131 cm³/mol. The second-order valence-corrected chi connectivity index (χ2v) is 9.97. The molecule has 0 aliphatic carbocycles. The number of pyridine rings is 1. The number of nitrogens with two attached hydrogens (primary N) is 1. The lowest BCUT2D eigenvalue weighted by Crippen LogP contribution is -2.38. The minimum absolute atomic E-state index is 0.0906. The van der Waals surface area contributed by atoms with Crippen molar-refractivity contribution in [3.8, 4) is 5.75 Å². The SMILES string of the molecule is CN1CCCC(c2cc3c(C4CCN(C(=O)c5ccc(OC(F)(F)F)cc5N)CC4)c(F)cnc3[nH]2)C1. The van der Waals surface area contributed by atoms with Crippen molar-refractivity contribution in [2.24, 2.45) is 0 Å². The maximum Gasteiger partial charge on any atom is 0.573 e. The number of rotatable bonds is 4. The lowest BCUT2D eigenvalue weighted by molar-refractivity contribution is -0.274. The van der Waals surface area contributed by atoms with E-state index in [0.29, 0.717) is 43.1 Å². The van der Waals surface area contributed by atoms with E-state index in [4.69, 9.17) is 5.73 Å². The van der Waals surface area contributed by atoms with Crippen molar-refractivity contribution in [3.05, 3.63) is 53.1 Å². The van der Waals surface area contributed by atoms with Crippen molar-refractivity contribution in [1.82, 2.24) is 19.8 Å². The third kappa shape index (κ3) is 5.36. The van der Waals surface area contributed by atoms with Crippen LogP contribution in [-0.4, -0.2) is 65.3 Å². The van der Waals surface area contributed by atoms with Gasteiger partial charge in [-0.05, 0) is 63.4 Å². The summed E-state index contributed by atoms with van der Waals surface area (Å²) in [5.74, 6) is -0.953. The first-order chi connectivity index (χ1) is 17.6. The number of hydrogen-bond acceptors (Lipinski definition) is 5. The van der Waals surface area contributed by atoms with Crippen molar-refractivity contribution < 1.29 is 27.1 Å². The monoisotopic (exact) mass is 519 g/mol. The molecule has 3 N–H and O–H groups in total. The molecule has 4 heterocycles. The number of halogens is 4. The fourth-order valence-electron chi connectivity index (χ4n) is 5.62. The van der Waals surface area contributed by atoms with Gasteiger partial charge in [0.1, 0.15) is 17.2 Å². The summed E-state index contributed by atoms with van der Waals surface area (Å²) in [6.45, 7) is 2.76. The Kier molecular flexibility index (Phi) is 6.74. The van der Waals surface area contributed by atoms with E-state index in [1.54, 1.807) is 4.90 Å². The van der Waals surface area contributed by atoms with Gasteiger partial charge < -0.3 is 25.3 Å². The molecular formula is C26H29F4N5O2. The quantitative estimate of drug-likeness (QED) is 0.374. The van der Waals surface area contributed by atoms with Gasteiger partial charge in [0.05, 0.1) is 11.8 Å². The highest BCUT2D eigenvalue weighted by atomic mass is 19.4. The molecule has 198 valence electrons. The van der Waals surface area contributed by atoms with Gasteiger partial charge in [-0.15, -0.1) is 13.2 Å². The molecule has 7 nitrogen and oxygen atoms in total. The van der Waals surface area contributed by atoms with Gasteiger partial charge in [0.15, 0.2) is 0 Å². The van der Waals surface area contributed by atoms with E-state index in [1.807, 2.05) is 6.07 Å². The first kappa shape index (κ1) is 25.3. The Morgan fingerprint density at radius 3 is 2.57 bits per heavy atom. The summed E-state index contributed by atoms with van der Waals surface area (Å²) in [5.41, 5.74) is 8.25. The number of nitrogen functional groups attached to an aromatic ring is 1. The third-order valence-electron chi connectivity index (χ3n) is 7.41. The van der Waals surface area contributed by atoms with Crippen molar-refractivity contribution in [2.75, 3.05) is 39.0 Å². The lowest BCUT2D eigenvalue weighted by atomic mass is 9.87. The van der Waals surface area contributed by atoms with Crippen LogP contribution in [0.15, 0.2) is 30.5 Å². The smallest absolute Gasteiger partial charge is 0.406 e. The summed E-state index contributed by atoms with van der Waals surface area (Å²) < 4.78 is 56.3. The van der Waals surface area contributed by atoms with Gasteiger partial charge in [0.2, 0.25) is 0 Å². The third-order valence-corrected chi connectivity index (χ3v) is 7.41. The Balaban J connectivity index is 1.30. The molecule has 5 rings (SSSR count). The fraction of sp³-hybridized carbons (Fsp3) is 0.462. The van der Waals surface area contributed by atoms with Crippen LogP contribution in [0.3, 0.4) is 0 Å². The second-order valence-electron chi connectivity index (χ2n) is 9.97. The van der Waals surface area contributed by atoms with Crippen molar-refractivity contribution in [1.29, 1.82) is 0 Å². The number of hydrogen-bond donors (Lipinski definition) is 2. The average Bonchev–Trinajstić information content (AvgIpc) is 3.27. The number of aromatic amines is 1. The summed E-state index contributed by atoms with van der Waals surface area (Å²) in [7, 11) is 2.10. The van der Waals surface area contributed by atoms with E-state index in [-0.39, 0.29) is 28.9 Å². The number of nitrogens with zero attached hydrogens (tertiary/aromatic N) is 3. The molecule has 37 heavy (non-hydrogen) atoms. The number of alkyl halides is 3. The van der Waals surface area contributed by atoms with Gasteiger partial charge >= 0.3 is 6.36 Å².